The van der Waals surface area contributed by atoms with Crippen molar-refractivity contribution in [3.8, 4) is 0 Å². The van der Waals surface area contributed by atoms with Crippen LogP contribution in [0.4, 0.5) is 35.1 Å². The molecular formula is C6H5F8N. The highest BCUT2D eigenvalue weighted by Crippen LogP contribution is 2.53. The molecule has 90 valence electrons. The molecule has 1 aliphatic rings. The molecule has 0 unspecified atom stereocenters. The number of hydrogen-bond acceptors (Lipinski definition) is 1. The van der Waals surface area contributed by atoms with E-state index in [1.165, 1.54) is 5.32 Å². The fraction of sp³-hybridized carbons (Fsp3) is 1.00. The van der Waals surface area contributed by atoms with Crippen LogP contribution in [0.5, 0.6) is 0 Å². The molecule has 1 fully saturated rings. The molecule has 15 heavy (non-hydrogen) atoms. The van der Waals surface area contributed by atoms with Gasteiger partial charge >= 0.3 is 23.7 Å². The number of hydrogen-bond donors (Lipinski definition) is 1. The van der Waals surface area contributed by atoms with Crippen LogP contribution in [-0.4, -0.2) is 36.8 Å². The van der Waals surface area contributed by atoms with Gasteiger partial charge in [0.1, 0.15) is 0 Å². The standard InChI is InChI=1S/C6H5F8N/c7-3(8)1-15-2-4(9,10)6(13,14)5(3,11)12/h15H,1-2H2. The molecular weight excluding hydrogens is 238 g/mol. The third kappa shape index (κ3) is 1.47. The van der Waals surface area contributed by atoms with Gasteiger partial charge in [-0.15, -0.1) is 0 Å². The van der Waals surface area contributed by atoms with E-state index in [-0.39, 0.29) is 0 Å². The molecule has 0 spiro atoms. The van der Waals surface area contributed by atoms with Crippen molar-refractivity contribution < 1.29 is 35.1 Å². The zero-order valence-corrected chi connectivity index (χ0v) is 6.94. The van der Waals surface area contributed by atoms with E-state index >= 15 is 0 Å². The molecule has 1 rings (SSSR count). The molecule has 1 heterocycles. The molecule has 1 N–H and O–H groups in total. The van der Waals surface area contributed by atoms with E-state index in [1.807, 2.05) is 0 Å². The molecule has 0 aliphatic carbocycles. The normalized spacial score (nSPS) is 32.0. The molecule has 9 heteroatoms. The number of rotatable bonds is 0. The maximum Gasteiger partial charge on any atom is 0.379 e. The lowest BCUT2D eigenvalue weighted by Gasteiger charge is -2.33. The van der Waals surface area contributed by atoms with Gasteiger partial charge in [0.25, 0.3) is 0 Å². The summed E-state index contributed by atoms with van der Waals surface area (Å²) in [6.07, 6.45) is 0. The second-order valence-electron chi connectivity index (χ2n) is 3.16. The van der Waals surface area contributed by atoms with E-state index in [9.17, 15) is 35.1 Å². The first-order valence-electron chi connectivity index (χ1n) is 3.68. The van der Waals surface area contributed by atoms with Crippen molar-refractivity contribution in [2.45, 2.75) is 23.7 Å². The average molecular weight is 243 g/mol. The Labute approximate surface area is 78.4 Å². The van der Waals surface area contributed by atoms with Gasteiger partial charge in [-0.3, -0.25) is 0 Å². The smallest absolute Gasteiger partial charge is 0.305 e. The van der Waals surface area contributed by atoms with E-state index in [2.05, 4.69) is 0 Å². The zero-order valence-electron chi connectivity index (χ0n) is 6.94. The van der Waals surface area contributed by atoms with Gasteiger partial charge in [0.05, 0.1) is 13.1 Å². The van der Waals surface area contributed by atoms with E-state index in [1.54, 1.807) is 0 Å². The summed E-state index contributed by atoms with van der Waals surface area (Å²) in [7, 11) is 0. The summed E-state index contributed by atoms with van der Waals surface area (Å²) < 4.78 is 99.8. The quantitative estimate of drug-likeness (QED) is 0.642. The minimum Gasteiger partial charge on any atom is -0.305 e. The highest BCUT2D eigenvalue weighted by molar-refractivity contribution is 5.07. The summed E-state index contributed by atoms with van der Waals surface area (Å²) in [6.45, 7) is -3.85. The maximum absolute atomic E-state index is 12.5. The maximum atomic E-state index is 12.5. The molecule has 0 aromatic rings. The topological polar surface area (TPSA) is 12.0 Å². The lowest BCUT2D eigenvalue weighted by molar-refractivity contribution is -0.353. The monoisotopic (exact) mass is 243 g/mol. The van der Waals surface area contributed by atoms with Crippen LogP contribution >= 0.6 is 0 Å². The molecule has 0 amide bonds. The second-order valence-corrected chi connectivity index (χ2v) is 3.16. The number of nitrogens with one attached hydrogen (secondary N) is 1. The Morgan fingerprint density at radius 2 is 0.867 bits per heavy atom. The van der Waals surface area contributed by atoms with Crippen LogP contribution in [0.3, 0.4) is 0 Å². The molecule has 0 atom stereocenters. The fourth-order valence-electron chi connectivity index (χ4n) is 1.06. The first kappa shape index (κ1) is 12.5. The van der Waals surface area contributed by atoms with Crippen LogP contribution < -0.4 is 5.32 Å². The first-order valence-corrected chi connectivity index (χ1v) is 3.68. The van der Waals surface area contributed by atoms with Gasteiger partial charge in [-0.1, -0.05) is 0 Å². The number of halogens is 8. The van der Waals surface area contributed by atoms with Crippen LogP contribution in [0.15, 0.2) is 0 Å². The molecule has 1 nitrogen and oxygen atoms in total. The Morgan fingerprint density at radius 1 is 0.600 bits per heavy atom. The molecule has 0 saturated carbocycles. The van der Waals surface area contributed by atoms with Crippen molar-refractivity contribution in [2.24, 2.45) is 0 Å². The molecule has 0 radical (unpaired) electrons. The Kier molecular flexibility index (Phi) is 2.46. The van der Waals surface area contributed by atoms with Gasteiger partial charge in [-0.25, -0.2) is 0 Å². The largest absolute Gasteiger partial charge is 0.379 e. The van der Waals surface area contributed by atoms with Crippen molar-refractivity contribution >= 4 is 0 Å². The van der Waals surface area contributed by atoms with Gasteiger partial charge in [0.15, 0.2) is 0 Å². The van der Waals surface area contributed by atoms with Crippen LogP contribution in [0.25, 0.3) is 0 Å². The Morgan fingerprint density at radius 3 is 1.13 bits per heavy atom. The Balaban J connectivity index is 3.26. The van der Waals surface area contributed by atoms with Gasteiger partial charge in [-0.05, 0) is 0 Å². The van der Waals surface area contributed by atoms with Gasteiger partial charge in [-0.2, -0.15) is 35.1 Å². The summed E-state index contributed by atoms with van der Waals surface area (Å²) >= 11 is 0. The molecule has 0 aromatic heterocycles. The molecule has 0 aromatic carbocycles. The Bertz CT molecular complexity index is 234. The third-order valence-corrected chi connectivity index (χ3v) is 2.01. The van der Waals surface area contributed by atoms with Crippen molar-refractivity contribution in [3.05, 3.63) is 0 Å². The van der Waals surface area contributed by atoms with Crippen LogP contribution in [0, 0.1) is 0 Å². The second kappa shape index (κ2) is 2.96. The average Bonchev–Trinajstić information content (AvgIpc) is 2.03. The van der Waals surface area contributed by atoms with Crippen LogP contribution in [0.2, 0.25) is 0 Å². The van der Waals surface area contributed by atoms with E-state index < -0.39 is 36.8 Å². The van der Waals surface area contributed by atoms with Crippen LogP contribution in [0.1, 0.15) is 0 Å². The van der Waals surface area contributed by atoms with Crippen molar-refractivity contribution in [1.82, 2.24) is 5.32 Å². The van der Waals surface area contributed by atoms with Crippen molar-refractivity contribution in [3.63, 3.8) is 0 Å². The first-order chi connectivity index (χ1) is 6.46. The Hall–Kier alpha value is -0.600. The lowest BCUT2D eigenvalue weighted by atomic mass is 10.0. The molecule has 0 bridgehead atoms. The summed E-state index contributed by atoms with van der Waals surface area (Å²) in [5.41, 5.74) is 0. The van der Waals surface area contributed by atoms with Gasteiger partial charge in [0, 0.05) is 0 Å². The fourth-order valence-corrected chi connectivity index (χ4v) is 1.06. The predicted octanol–water partition coefficient (Wildman–Crippen LogP) is 2.13. The highest BCUT2D eigenvalue weighted by Gasteiger charge is 2.81. The van der Waals surface area contributed by atoms with Crippen molar-refractivity contribution in [2.75, 3.05) is 13.1 Å². The highest BCUT2D eigenvalue weighted by atomic mass is 19.4. The summed E-state index contributed by atoms with van der Waals surface area (Å²) in [5, 5.41) is 1.18. The third-order valence-electron chi connectivity index (χ3n) is 2.01. The van der Waals surface area contributed by atoms with E-state index in [0.717, 1.165) is 0 Å². The number of alkyl halides is 8. The lowest BCUT2D eigenvalue weighted by Crippen LogP contribution is -2.61. The minimum atomic E-state index is -6.09. The summed E-state index contributed by atoms with van der Waals surface area (Å²) in [4.78, 5) is 0. The van der Waals surface area contributed by atoms with E-state index in [0.29, 0.717) is 0 Å². The summed E-state index contributed by atoms with van der Waals surface area (Å²) in [6, 6.07) is 0. The van der Waals surface area contributed by atoms with E-state index in [4.69, 9.17) is 0 Å². The molecule has 1 aliphatic heterocycles. The SMILES string of the molecule is FC1(F)CNCC(F)(F)C(F)(F)C1(F)F. The van der Waals surface area contributed by atoms with Gasteiger partial charge in [0.2, 0.25) is 0 Å². The predicted molar refractivity (Wildman–Crippen MR) is 32.7 cm³/mol. The molecule has 1 saturated heterocycles. The minimum absolute atomic E-state index is 1.18. The van der Waals surface area contributed by atoms with Crippen LogP contribution in [-0.2, 0) is 0 Å². The summed E-state index contributed by atoms with van der Waals surface area (Å²) in [5.74, 6) is -22.6. The zero-order chi connectivity index (χ0) is 12.1. The van der Waals surface area contributed by atoms with Gasteiger partial charge < -0.3 is 5.32 Å². The van der Waals surface area contributed by atoms with Crippen molar-refractivity contribution in [1.29, 1.82) is 0 Å².